The summed E-state index contributed by atoms with van der Waals surface area (Å²) in [5.74, 6) is -0.808. The van der Waals surface area contributed by atoms with Crippen LogP contribution in [0.3, 0.4) is 0 Å². The number of carbonyl (C=O) groups excluding carboxylic acids is 1. The number of esters is 1. The number of halogens is 1. The SMILES string of the molecule is COC(=O)c1nc(Cl)nc(NCC(C)C)c1[N+](=O)[O-]. The van der Waals surface area contributed by atoms with Gasteiger partial charge in [-0.25, -0.2) is 9.78 Å². The summed E-state index contributed by atoms with van der Waals surface area (Å²) in [5.41, 5.74) is -1.02. The summed E-state index contributed by atoms with van der Waals surface area (Å²) in [5, 5.41) is 13.6. The molecule has 1 aromatic rings. The van der Waals surface area contributed by atoms with Gasteiger partial charge in [0.25, 0.3) is 0 Å². The van der Waals surface area contributed by atoms with E-state index in [1.807, 2.05) is 13.8 Å². The number of aromatic nitrogens is 2. The molecule has 8 nitrogen and oxygen atoms in total. The molecule has 0 aliphatic carbocycles. The van der Waals surface area contributed by atoms with Crippen molar-refractivity contribution in [3.63, 3.8) is 0 Å². The number of nitrogens with one attached hydrogen (secondary N) is 1. The van der Waals surface area contributed by atoms with E-state index >= 15 is 0 Å². The number of hydrogen-bond donors (Lipinski definition) is 1. The van der Waals surface area contributed by atoms with E-state index in [0.29, 0.717) is 6.54 Å². The van der Waals surface area contributed by atoms with Gasteiger partial charge in [-0.2, -0.15) is 4.98 Å². The monoisotopic (exact) mass is 288 g/mol. The van der Waals surface area contributed by atoms with Crippen molar-refractivity contribution in [3.8, 4) is 0 Å². The fourth-order valence-corrected chi connectivity index (χ4v) is 1.43. The van der Waals surface area contributed by atoms with Crippen LogP contribution in [0.1, 0.15) is 24.3 Å². The largest absolute Gasteiger partial charge is 0.464 e. The number of nitrogens with zero attached hydrogens (tertiary/aromatic N) is 3. The van der Waals surface area contributed by atoms with Gasteiger partial charge >= 0.3 is 11.7 Å². The van der Waals surface area contributed by atoms with Crippen molar-refractivity contribution < 1.29 is 14.5 Å². The summed E-state index contributed by atoms with van der Waals surface area (Å²) >= 11 is 5.65. The predicted molar refractivity (Wildman–Crippen MR) is 68.4 cm³/mol. The first-order valence-corrected chi connectivity index (χ1v) is 5.78. The summed E-state index contributed by atoms with van der Waals surface area (Å²) in [6.07, 6.45) is 0. The van der Waals surface area contributed by atoms with Gasteiger partial charge in [0.05, 0.1) is 12.0 Å². The molecule has 0 unspecified atom stereocenters. The van der Waals surface area contributed by atoms with Crippen molar-refractivity contribution in [2.24, 2.45) is 5.92 Å². The Kier molecular flexibility index (Phi) is 4.99. The van der Waals surface area contributed by atoms with Gasteiger partial charge < -0.3 is 10.1 Å². The number of rotatable bonds is 5. The maximum atomic E-state index is 11.5. The van der Waals surface area contributed by atoms with Gasteiger partial charge in [0.1, 0.15) is 0 Å². The zero-order valence-electron chi connectivity index (χ0n) is 10.6. The molecule has 0 bridgehead atoms. The summed E-state index contributed by atoms with van der Waals surface area (Å²) in [7, 11) is 1.10. The minimum absolute atomic E-state index is 0.0981. The van der Waals surface area contributed by atoms with Crippen molar-refractivity contribution in [1.29, 1.82) is 0 Å². The number of hydrogen-bond acceptors (Lipinski definition) is 7. The second-order valence-corrected chi connectivity index (χ2v) is 4.40. The number of ether oxygens (including phenoxy) is 1. The fraction of sp³-hybridized carbons (Fsp3) is 0.500. The normalized spacial score (nSPS) is 10.4. The van der Waals surface area contributed by atoms with E-state index in [9.17, 15) is 14.9 Å². The second-order valence-electron chi connectivity index (χ2n) is 4.06. The highest BCUT2D eigenvalue weighted by molar-refractivity contribution is 6.28. The maximum Gasteiger partial charge on any atom is 0.364 e. The maximum absolute atomic E-state index is 11.5. The van der Waals surface area contributed by atoms with Crippen LogP contribution >= 0.6 is 11.6 Å². The molecular formula is C10H13ClN4O4. The highest BCUT2D eigenvalue weighted by atomic mass is 35.5. The molecule has 0 aliphatic rings. The molecule has 1 aromatic heterocycles. The molecule has 0 amide bonds. The fourth-order valence-electron chi connectivity index (χ4n) is 1.26. The quantitative estimate of drug-likeness (QED) is 0.381. The molecule has 9 heteroatoms. The zero-order valence-corrected chi connectivity index (χ0v) is 11.4. The van der Waals surface area contributed by atoms with Gasteiger partial charge in [0.2, 0.25) is 16.8 Å². The molecule has 0 radical (unpaired) electrons. The van der Waals surface area contributed by atoms with Crippen LogP contribution in [-0.2, 0) is 4.74 Å². The zero-order chi connectivity index (χ0) is 14.6. The minimum Gasteiger partial charge on any atom is -0.464 e. The molecule has 1 heterocycles. The van der Waals surface area contributed by atoms with Crippen LogP contribution in [0.25, 0.3) is 0 Å². The first-order valence-electron chi connectivity index (χ1n) is 5.41. The highest BCUT2D eigenvalue weighted by Crippen LogP contribution is 2.27. The number of methoxy groups -OCH3 is 1. The van der Waals surface area contributed by atoms with Gasteiger partial charge in [-0.1, -0.05) is 13.8 Å². The molecule has 0 saturated carbocycles. The summed E-state index contributed by atoms with van der Waals surface area (Å²) in [4.78, 5) is 29.1. The summed E-state index contributed by atoms with van der Waals surface area (Å²) in [6, 6.07) is 0. The minimum atomic E-state index is -0.941. The lowest BCUT2D eigenvalue weighted by molar-refractivity contribution is -0.384. The van der Waals surface area contributed by atoms with Crippen LogP contribution in [0.5, 0.6) is 0 Å². The Morgan fingerprint density at radius 1 is 1.53 bits per heavy atom. The molecule has 19 heavy (non-hydrogen) atoms. The average Bonchev–Trinajstić information content (AvgIpc) is 2.33. The summed E-state index contributed by atoms with van der Waals surface area (Å²) < 4.78 is 4.44. The Labute approximate surface area is 114 Å². The molecule has 0 aliphatic heterocycles. The molecular weight excluding hydrogens is 276 g/mol. The Morgan fingerprint density at radius 3 is 2.63 bits per heavy atom. The number of carbonyl (C=O) groups is 1. The molecule has 0 aromatic carbocycles. The number of nitro groups is 1. The van der Waals surface area contributed by atoms with Crippen LogP contribution in [0.2, 0.25) is 5.28 Å². The van der Waals surface area contributed by atoms with E-state index in [1.54, 1.807) is 0 Å². The molecule has 1 rings (SSSR count). The highest BCUT2D eigenvalue weighted by Gasteiger charge is 2.29. The Bertz CT molecular complexity index is 507. The second kappa shape index (κ2) is 6.28. The molecule has 0 fully saturated rings. The third kappa shape index (κ3) is 3.75. The van der Waals surface area contributed by atoms with E-state index in [0.717, 1.165) is 7.11 Å². The lowest BCUT2D eigenvalue weighted by Crippen LogP contribution is -2.16. The molecule has 0 saturated heterocycles. The third-order valence-corrected chi connectivity index (χ3v) is 2.26. The van der Waals surface area contributed by atoms with Crippen molar-refractivity contribution >= 4 is 29.1 Å². The van der Waals surface area contributed by atoms with Crippen LogP contribution in [-0.4, -0.2) is 34.5 Å². The van der Waals surface area contributed by atoms with E-state index in [4.69, 9.17) is 11.6 Å². The average molecular weight is 289 g/mol. The van der Waals surface area contributed by atoms with Crippen molar-refractivity contribution in [1.82, 2.24) is 9.97 Å². The molecule has 1 N–H and O–H groups in total. The standard InChI is InChI=1S/C10H13ClN4O4/c1-5(2)4-12-8-7(15(17)18)6(9(16)19-3)13-10(11)14-8/h5H,4H2,1-3H3,(H,12,13,14). The van der Waals surface area contributed by atoms with Crippen molar-refractivity contribution in [3.05, 3.63) is 21.1 Å². The molecule has 104 valence electrons. The van der Waals surface area contributed by atoms with Crippen LogP contribution in [0, 0.1) is 16.0 Å². The molecule has 0 atom stereocenters. The first kappa shape index (κ1) is 15.1. The van der Waals surface area contributed by atoms with E-state index in [2.05, 4.69) is 20.0 Å². The lowest BCUT2D eigenvalue weighted by atomic mass is 10.2. The molecule has 0 spiro atoms. The van der Waals surface area contributed by atoms with Gasteiger partial charge in [0.15, 0.2) is 0 Å². The van der Waals surface area contributed by atoms with E-state index < -0.39 is 22.3 Å². The third-order valence-electron chi connectivity index (χ3n) is 2.10. The van der Waals surface area contributed by atoms with Gasteiger partial charge in [-0.15, -0.1) is 0 Å². The van der Waals surface area contributed by atoms with E-state index in [1.165, 1.54) is 0 Å². The van der Waals surface area contributed by atoms with Crippen LogP contribution in [0.4, 0.5) is 11.5 Å². The number of anilines is 1. The van der Waals surface area contributed by atoms with Crippen LogP contribution < -0.4 is 5.32 Å². The Morgan fingerprint density at radius 2 is 2.16 bits per heavy atom. The Hall–Kier alpha value is -1.96. The predicted octanol–water partition coefficient (Wildman–Crippen LogP) is 1.89. The van der Waals surface area contributed by atoms with Gasteiger partial charge in [-0.3, -0.25) is 10.1 Å². The van der Waals surface area contributed by atoms with Crippen LogP contribution in [0.15, 0.2) is 0 Å². The Balaban J connectivity index is 3.31. The van der Waals surface area contributed by atoms with Crippen molar-refractivity contribution in [2.45, 2.75) is 13.8 Å². The topological polar surface area (TPSA) is 107 Å². The lowest BCUT2D eigenvalue weighted by Gasteiger charge is -2.10. The van der Waals surface area contributed by atoms with Gasteiger partial charge in [-0.05, 0) is 17.5 Å². The summed E-state index contributed by atoms with van der Waals surface area (Å²) in [6.45, 7) is 4.28. The van der Waals surface area contributed by atoms with Gasteiger partial charge in [0, 0.05) is 6.54 Å². The first-order chi connectivity index (χ1) is 8.86. The smallest absolute Gasteiger partial charge is 0.364 e. The van der Waals surface area contributed by atoms with E-state index in [-0.39, 0.29) is 17.0 Å². The van der Waals surface area contributed by atoms with Crippen molar-refractivity contribution in [2.75, 3.05) is 19.0 Å².